The van der Waals surface area contributed by atoms with Gasteiger partial charge in [-0.05, 0) is 60.7 Å². The van der Waals surface area contributed by atoms with Crippen molar-refractivity contribution in [2.24, 2.45) is 5.41 Å². The van der Waals surface area contributed by atoms with E-state index < -0.39 is 24.2 Å². The second-order valence-electron chi connectivity index (χ2n) is 11.2. The highest BCUT2D eigenvalue weighted by Gasteiger charge is 2.29. The van der Waals surface area contributed by atoms with Gasteiger partial charge in [0.05, 0.1) is 6.61 Å². The quantitative estimate of drug-likeness (QED) is 0.323. The van der Waals surface area contributed by atoms with Crippen LogP contribution >= 0.6 is 0 Å². The van der Waals surface area contributed by atoms with E-state index >= 15 is 0 Å². The molecule has 45 heavy (non-hydrogen) atoms. The minimum atomic E-state index is -4.58. The molecule has 5 heterocycles. The first-order valence-electron chi connectivity index (χ1n) is 14.5. The Balaban J connectivity index is 1.58. The maximum absolute atomic E-state index is 12.9. The molecule has 0 saturated heterocycles. The van der Waals surface area contributed by atoms with Crippen molar-refractivity contribution in [1.29, 1.82) is 0 Å². The summed E-state index contributed by atoms with van der Waals surface area (Å²) in [7, 11) is 0. The third-order valence-electron chi connectivity index (χ3n) is 6.56. The number of rotatable bonds is 3. The van der Waals surface area contributed by atoms with E-state index in [1.54, 1.807) is 41.3 Å². The monoisotopic (exact) mass is 630 g/mol. The molecule has 0 fully saturated rings. The first kappa shape index (κ1) is 33.1. The molecule has 0 unspecified atom stereocenters. The molecule has 4 aliphatic rings. The van der Waals surface area contributed by atoms with Crippen molar-refractivity contribution in [2.45, 2.75) is 39.9 Å². The van der Waals surface area contributed by atoms with Gasteiger partial charge in [0, 0.05) is 44.0 Å². The number of aromatic nitrogens is 3. The van der Waals surface area contributed by atoms with Crippen LogP contribution in [0.15, 0.2) is 48.5 Å². The SMILES string of the molecule is CCNC(=O)N1CCCOc2ccc(cc2)CNc2nc(nc(OCC(F)(F)F)n2)Nc2ccc(cc2)C(=O)NCC(C)(C)C1. The van der Waals surface area contributed by atoms with Crippen molar-refractivity contribution in [3.05, 3.63) is 59.7 Å². The van der Waals surface area contributed by atoms with E-state index in [4.69, 9.17) is 9.47 Å². The number of amides is 3. The second kappa shape index (κ2) is 14.8. The molecule has 7 rings (SSSR count). The van der Waals surface area contributed by atoms with E-state index in [-0.39, 0.29) is 30.4 Å². The Kier molecular flexibility index (Phi) is 10.9. The van der Waals surface area contributed by atoms with Crippen LogP contribution in [0.5, 0.6) is 11.8 Å². The van der Waals surface area contributed by atoms with Crippen LogP contribution in [0.3, 0.4) is 0 Å². The molecule has 3 aromatic rings. The Hall–Kier alpha value is -4.82. The number of carbonyl (C=O) groups excluding carboxylic acids is 2. The van der Waals surface area contributed by atoms with Gasteiger partial charge in [-0.1, -0.05) is 26.0 Å². The number of ether oxygens (including phenoxy) is 2. The summed E-state index contributed by atoms with van der Waals surface area (Å²) in [4.78, 5) is 39.7. The van der Waals surface area contributed by atoms with Crippen LogP contribution in [-0.4, -0.2) is 77.4 Å². The summed E-state index contributed by atoms with van der Waals surface area (Å²) >= 11 is 0. The van der Waals surface area contributed by atoms with Crippen molar-refractivity contribution in [1.82, 2.24) is 30.5 Å². The largest absolute Gasteiger partial charge is 0.494 e. The van der Waals surface area contributed by atoms with Crippen LogP contribution in [0.25, 0.3) is 0 Å². The number of carbonyl (C=O) groups is 2. The van der Waals surface area contributed by atoms with Gasteiger partial charge in [0.1, 0.15) is 5.75 Å². The molecule has 242 valence electrons. The van der Waals surface area contributed by atoms with E-state index in [0.717, 1.165) is 5.56 Å². The van der Waals surface area contributed by atoms with Crippen LogP contribution in [0, 0.1) is 5.41 Å². The van der Waals surface area contributed by atoms with Crippen molar-refractivity contribution in [3.8, 4) is 11.8 Å². The van der Waals surface area contributed by atoms with Gasteiger partial charge in [-0.3, -0.25) is 4.79 Å². The summed E-state index contributed by atoms with van der Waals surface area (Å²) in [5.41, 5.74) is 1.26. The number of hydrogen-bond acceptors (Lipinski definition) is 9. The molecule has 0 aliphatic carbocycles. The summed E-state index contributed by atoms with van der Waals surface area (Å²) in [6, 6.07) is 13.0. The Bertz CT molecular complexity index is 1440. The number of alkyl halides is 3. The zero-order chi connectivity index (χ0) is 32.5. The highest BCUT2D eigenvalue weighted by atomic mass is 19.4. The number of nitrogens with one attached hydrogen (secondary N) is 4. The summed E-state index contributed by atoms with van der Waals surface area (Å²) in [5, 5.41) is 11.7. The van der Waals surface area contributed by atoms with Gasteiger partial charge >= 0.3 is 18.2 Å². The predicted octanol–water partition coefficient (Wildman–Crippen LogP) is 4.74. The van der Waals surface area contributed by atoms with Gasteiger partial charge in [-0.2, -0.15) is 28.1 Å². The van der Waals surface area contributed by atoms with Crippen LogP contribution in [0.1, 0.15) is 43.1 Å². The lowest BCUT2D eigenvalue weighted by Crippen LogP contribution is -2.48. The molecule has 0 spiro atoms. The van der Waals surface area contributed by atoms with Gasteiger partial charge in [0.15, 0.2) is 6.61 Å². The van der Waals surface area contributed by atoms with Crippen LogP contribution in [0.4, 0.5) is 35.5 Å². The fourth-order valence-electron chi connectivity index (χ4n) is 4.38. The Morgan fingerprint density at radius 1 is 1.04 bits per heavy atom. The van der Waals surface area contributed by atoms with Crippen LogP contribution in [-0.2, 0) is 6.54 Å². The van der Waals surface area contributed by atoms with Crippen molar-refractivity contribution in [3.63, 3.8) is 0 Å². The minimum absolute atomic E-state index is 0.00488. The van der Waals surface area contributed by atoms with E-state index in [9.17, 15) is 22.8 Å². The number of anilines is 3. The maximum atomic E-state index is 12.9. The number of halogens is 3. The molecule has 0 saturated carbocycles. The number of urea groups is 1. The molecule has 0 radical (unpaired) electrons. The van der Waals surface area contributed by atoms with Gasteiger partial charge in [-0.25, -0.2) is 4.79 Å². The summed E-state index contributed by atoms with van der Waals surface area (Å²) in [5.74, 6) is 0.274. The van der Waals surface area contributed by atoms with Crippen molar-refractivity contribution in [2.75, 3.05) is 50.0 Å². The molecular weight excluding hydrogens is 593 g/mol. The molecule has 4 N–H and O–H groups in total. The zero-order valence-corrected chi connectivity index (χ0v) is 25.3. The number of nitrogens with zero attached hydrogens (tertiary/aromatic N) is 4. The first-order chi connectivity index (χ1) is 21.4. The van der Waals surface area contributed by atoms with Gasteiger partial charge in [0.25, 0.3) is 5.91 Å². The first-order valence-corrected chi connectivity index (χ1v) is 14.5. The zero-order valence-electron chi connectivity index (χ0n) is 25.3. The third-order valence-corrected chi connectivity index (χ3v) is 6.56. The van der Waals surface area contributed by atoms with Gasteiger partial charge < -0.3 is 35.6 Å². The van der Waals surface area contributed by atoms with E-state index in [0.29, 0.717) is 56.2 Å². The molecule has 6 bridgehead atoms. The third kappa shape index (κ3) is 10.7. The van der Waals surface area contributed by atoms with Crippen LogP contribution < -0.4 is 30.7 Å². The lowest BCUT2D eigenvalue weighted by molar-refractivity contribution is -0.154. The Morgan fingerprint density at radius 3 is 2.44 bits per heavy atom. The normalized spacial score (nSPS) is 16.0. The standard InChI is InChI=1S/C30H37F3N8O4/c1-4-34-28(43)41-14-5-15-44-23-12-6-20(7-13-23)16-35-25-38-26(40-27(39-25)45-19-30(31,32)33)37-22-10-8-21(9-11-22)24(42)36-17-29(2,3)18-41/h6-13H,4-5,14-19H2,1-3H3,(H,34,43)(H,36,42)(H2,35,37,38,39,40). The molecule has 2 aromatic carbocycles. The average molecular weight is 631 g/mol. The molecule has 3 amide bonds. The molecule has 1 aromatic heterocycles. The molecule has 12 nitrogen and oxygen atoms in total. The lowest BCUT2D eigenvalue weighted by atomic mass is 9.92. The maximum Gasteiger partial charge on any atom is 0.422 e. The molecule has 0 atom stereocenters. The molecular formula is C30H37F3N8O4. The van der Waals surface area contributed by atoms with Crippen molar-refractivity contribution >= 4 is 29.5 Å². The van der Waals surface area contributed by atoms with Gasteiger partial charge in [0.2, 0.25) is 11.9 Å². The Morgan fingerprint density at radius 2 is 1.76 bits per heavy atom. The van der Waals surface area contributed by atoms with Crippen LogP contribution in [0.2, 0.25) is 0 Å². The fourth-order valence-corrected chi connectivity index (χ4v) is 4.38. The van der Waals surface area contributed by atoms with E-state index in [1.807, 2.05) is 32.9 Å². The smallest absolute Gasteiger partial charge is 0.422 e. The lowest BCUT2D eigenvalue weighted by Gasteiger charge is -2.33. The van der Waals surface area contributed by atoms with E-state index in [1.165, 1.54) is 0 Å². The van der Waals surface area contributed by atoms with E-state index in [2.05, 4.69) is 36.2 Å². The number of hydrogen-bond donors (Lipinski definition) is 4. The summed E-state index contributed by atoms with van der Waals surface area (Å²) < 4.78 is 49.1. The topological polar surface area (TPSA) is 143 Å². The molecule has 15 heteroatoms. The number of benzene rings is 2. The summed E-state index contributed by atoms with van der Waals surface area (Å²) in [6.45, 7) is 6.54. The minimum Gasteiger partial charge on any atom is -0.494 e. The van der Waals surface area contributed by atoms with Crippen molar-refractivity contribution < 1.29 is 32.2 Å². The predicted molar refractivity (Wildman–Crippen MR) is 162 cm³/mol. The fraction of sp³-hybridized carbons (Fsp3) is 0.433. The average Bonchev–Trinajstić information content (AvgIpc) is 2.99. The second-order valence-corrected chi connectivity index (χ2v) is 11.2. The highest BCUT2D eigenvalue weighted by Crippen LogP contribution is 2.22. The molecule has 4 aliphatic heterocycles. The van der Waals surface area contributed by atoms with Gasteiger partial charge in [-0.15, -0.1) is 0 Å². The Labute approximate surface area is 259 Å². The highest BCUT2D eigenvalue weighted by molar-refractivity contribution is 5.94. The summed E-state index contributed by atoms with van der Waals surface area (Å²) in [6.07, 6.45) is -3.99.